The first-order valence-corrected chi connectivity index (χ1v) is 6.37. The zero-order chi connectivity index (χ0) is 12.3. The fourth-order valence-electron chi connectivity index (χ4n) is 1.29. The van der Waals surface area contributed by atoms with Gasteiger partial charge in [0.2, 0.25) is 0 Å². The molecule has 0 aliphatic carbocycles. The van der Waals surface area contributed by atoms with Gasteiger partial charge in [-0.1, -0.05) is 23.2 Å². The topological polar surface area (TPSA) is 22.1 Å². The van der Waals surface area contributed by atoms with Crippen LogP contribution in [0.1, 0.15) is 5.56 Å². The Kier molecular flexibility index (Phi) is 4.26. The van der Waals surface area contributed by atoms with Crippen molar-refractivity contribution < 1.29 is 4.74 Å². The van der Waals surface area contributed by atoms with Crippen molar-refractivity contribution in [3.8, 4) is 5.75 Å². The second kappa shape index (κ2) is 5.71. The predicted octanol–water partition coefficient (Wildman–Crippen LogP) is 4.73. The molecule has 0 amide bonds. The first-order valence-electron chi connectivity index (χ1n) is 4.82. The Hall–Kier alpha value is -0.770. The maximum atomic E-state index is 6.03. The second-order valence-electron chi connectivity index (χ2n) is 3.36. The van der Waals surface area contributed by atoms with Crippen LogP contribution in [0.3, 0.4) is 0 Å². The lowest BCUT2D eigenvalue weighted by Crippen LogP contribution is -1.96. The minimum atomic E-state index is 0.359. The lowest BCUT2D eigenvalue weighted by atomic mass is 10.2. The SMILES string of the molecule is Clc1ccc(Cl)c(COc2cncc(Br)c2)c1. The lowest BCUT2D eigenvalue weighted by molar-refractivity contribution is 0.305. The molecule has 1 aromatic carbocycles. The highest BCUT2D eigenvalue weighted by Crippen LogP contribution is 2.23. The predicted molar refractivity (Wildman–Crippen MR) is 72.7 cm³/mol. The number of hydrogen-bond donors (Lipinski definition) is 0. The highest BCUT2D eigenvalue weighted by Gasteiger charge is 2.03. The molecular weight excluding hydrogens is 325 g/mol. The first kappa shape index (κ1) is 12.7. The van der Waals surface area contributed by atoms with E-state index in [0.29, 0.717) is 22.4 Å². The fourth-order valence-corrected chi connectivity index (χ4v) is 2.00. The number of benzene rings is 1. The molecule has 2 rings (SSSR count). The van der Waals surface area contributed by atoms with Crippen molar-refractivity contribution in [2.75, 3.05) is 0 Å². The summed E-state index contributed by atoms with van der Waals surface area (Å²) in [4.78, 5) is 4.01. The van der Waals surface area contributed by atoms with Crippen molar-refractivity contribution in [3.05, 3.63) is 56.7 Å². The van der Waals surface area contributed by atoms with E-state index in [-0.39, 0.29) is 0 Å². The number of ether oxygens (including phenoxy) is 1. The molecule has 2 nitrogen and oxygen atoms in total. The van der Waals surface area contributed by atoms with Gasteiger partial charge in [0.1, 0.15) is 12.4 Å². The summed E-state index contributed by atoms with van der Waals surface area (Å²) in [5.74, 6) is 0.676. The molecule has 88 valence electrons. The summed E-state index contributed by atoms with van der Waals surface area (Å²) in [6.07, 6.45) is 3.34. The van der Waals surface area contributed by atoms with E-state index >= 15 is 0 Å². The van der Waals surface area contributed by atoms with Gasteiger partial charge in [-0.15, -0.1) is 0 Å². The van der Waals surface area contributed by atoms with Gasteiger partial charge in [0, 0.05) is 26.3 Å². The van der Waals surface area contributed by atoms with Gasteiger partial charge in [-0.2, -0.15) is 0 Å². The standard InChI is InChI=1S/C12H8BrCl2NO/c13-9-4-11(6-16-5-9)17-7-8-3-10(14)1-2-12(8)15/h1-6H,7H2. The normalized spacial score (nSPS) is 10.3. The molecule has 1 aromatic heterocycles. The van der Waals surface area contributed by atoms with Crippen molar-refractivity contribution in [1.82, 2.24) is 4.98 Å². The minimum Gasteiger partial charge on any atom is -0.487 e. The lowest BCUT2D eigenvalue weighted by Gasteiger charge is -2.08. The van der Waals surface area contributed by atoms with E-state index in [1.165, 1.54) is 0 Å². The summed E-state index contributed by atoms with van der Waals surface area (Å²) >= 11 is 15.2. The van der Waals surface area contributed by atoms with Crippen LogP contribution in [0.4, 0.5) is 0 Å². The number of rotatable bonds is 3. The quantitative estimate of drug-likeness (QED) is 0.810. The van der Waals surface area contributed by atoms with Crippen LogP contribution in [0, 0.1) is 0 Å². The number of aromatic nitrogens is 1. The second-order valence-corrected chi connectivity index (χ2v) is 5.12. The summed E-state index contributed by atoms with van der Waals surface area (Å²) in [6, 6.07) is 7.12. The average molecular weight is 333 g/mol. The van der Waals surface area contributed by atoms with Gasteiger partial charge in [-0.25, -0.2) is 0 Å². The van der Waals surface area contributed by atoms with Gasteiger partial charge in [0.25, 0.3) is 0 Å². The zero-order valence-corrected chi connectivity index (χ0v) is 11.8. The molecule has 0 saturated heterocycles. The van der Waals surface area contributed by atoms with Crippen molar-refractivity contribution in [2.45, 2.75) is 6.61 Å². The van der Waals surface area contributed by atoms with E-state index in [9.17, 15) is 0 Å². The van der Waals surface area contributed by atoms with Crippen molar-refractivity contribution >= 4 is 39.1 Å². The van der Waals surface area contributed by atoms with Gasteiger partial charge in [0.05, 0.1) is 6.20 Å². The first-order chi connectivity index (χ1) is 8.15. The Morgan fingerprint density at radius 3 is 2.76 bits per heavy atom. The van der Waals surface area contributed by atoms with E-state index < -0.39 is 0 Å². The van der Waals surface area contributed by atoms with Crippen LogP contribution in [0.25, 0.3) is 0 Å². The smallest absolute Gasteiger partial charge is 0.139 e. The molecule has 17 heavy (non-hydrogen) atoms. The number of halogens is 3. The maximum absolute atomic E-state index is 6.03. The van der Waals surface area contributed by atoms with E-state index in [4.69, 9.17) is 27.9 Å². The molecule has 0 fully saturated rings. The molecule has 5 heteroatoms. The molecule has 0 atom stereocenters. The largest absolute Gasteiger partial charge is 0.487 e. The third-order valence-corrected chi connectivity index (χ3v) is 3.12. The molecule has 0 radical (unpaired) electrons. The van der Waals surface area contributed by atoms with Gasteiger partial charge in [-0.05, 0) is 40.2 Å². The van der Waals surface area contributed by atoms with Crippen LogP contribution < -0.4 is 4.74 Å². The molecule has 0 unspecified atom stereocenters. The van der Waals surface area contributed by atoms with Crippen LogP contribution in [-0.2, 0) is 6.61 Å². The Morgan fingerprint density at radius 2 is 2.00 bits per heavy atom. The van der Waals surface area contributed by atoms with Crippen molar-refractivity contribution in [1.29, 1.82) is 0 Å². The van der Waals surface area contributed by atoms with Crippen LogP contribution in [0.15, 0.2) is 41.1 Å². The van der Waals surface area contributed by atoms with Gasteiger partial charge in [0.15, 0.2) is 0 Å². The Labute approximate surface area is 118 Å². The summed E-state index contributed by atoms with van der Waals surface area (Å²) in [6.45, 7) is 0.359. The van der Waals surface area contributed by atoms with Crippen LogP contribution in [-0.4, -0.2) is 4.98 Å². The monoisotopic (exact) mass is 331 g/mol. The van der Waals surface area contributed by atoms with Gasteiger partial charge >= 0.3 is 0 Å². The maximum Gasteiger partial charge on any atom is 0.139 e. The molecule has 0 spiro atoms. The molecule has 0 N–H and O–H groups in total. The molecule has 2 aromatic rings. The Bertz CT molecular complexity index is 534. The molecule has 0 saturated carbocycles. The van der Waals surface area contributed by atoms with E-state index in [1.54, 1.807) is 30.6 Å². The summed E-state index contributed by atoms with van der Waals surface area (Å²) in [5.41, 5.74) is 0.846. The van der Waals surface area contributed by atoms with E-state index in [0.717, 1.165) is 10.0 Å². The minimum absolute atomic E-state index is 0.359. The third-order valence-electron chi connectivity index (χ3n) is 2.08. The number of nitrogens with zero attached hydrogens (tertiary/aromatic N) is 1. The highest BCUT2D eigenvalue weighted by molar-refractivity contribution is 9.10. The molecule has 0 aliphatic heterocycles. The van der Waals surface area contributed by atoms with Gasteiger partial charge < -0.3 is 4.74 Å². The van der Waals surface area contributed by atoms with Crippen LogP contribution >= 0.6 is 39.1 Å². The summed E-state index contributed by atoms with van der Waals surface area (Å²) in [7, 11) is 0. The Morgan fingerprint density at radius 1 is 1.18 bits per heavy atom. The summed E-state index contributed by atoms with van der Waals surface area (Å²) in [5, 5.41) is 1.28. The van der Waals surface area contributed by atoms with Crippen molar-refractivity contribution in [3.63, 3.8) is 0 Å². The van der Waals surface area contributed by atoms with Crippen LogP contribution in [0.2, 0.25) is 10.0 Å². The Balaban J connectivity index is 2.09. The average Bonchev–Trinajstić information content (AvgIpc) is 2.30. The molecular formula is C12H8BrCl2NO. The van der Waals surface area contributed by atoms with Crippen molar-refractivity contribution in [2.24, 2.45) is 0 Å². The zero-order valence-electron chi connectivity index (χ0n) is 8.66. The highest BCUT2D eigenvalue weighted by atomic mass is 79.9. The van der Waals surface area contributed by atoms with E-state index in [1.807, 2.05) is 6.07 Å². The van der Waals surface area contributed by atoms with E-state index in [2.05, 4.69) is 20.9 Å². The molecule has 0 aliphatic rings. The molecule has 0 bridgehead atoms. The number of pyridine rings is 1. The fraction of sp³-hybridized carbons (Fsp3) is 0.0833. The molecule has 1 heterocycles. The third kappa shape index (κ3) is 3.60. The van der Waals surface area contributed by atoms with Crippen LogP contribution in [0.5, 0.6) is 5.75 Å². The van der Waals surface area contributed by atoms with Gasteiger partial charge in [-0.3, -0.25) is 4.98 Å². The number of hydrogen-bond acceptors (Lipinski definition) is 2. The summed E-state index contributed by atoms with van der Waals surface area (Å²) < 4.78 is 6.44.